The van der Waals surface area contributed by atoms with E-state index in [1.165, 1.54) is 0 Å². The molecule has 1 unspecified atom stereocenters. The Morgan fingerprint density at radius 2 is 1.90 bits per heavy atom. The Morgan fingerprint density at radius 3 is 2.40 bits per heavy atom. The van der Waals surface area contributed by atoms with Gasteiger partial charge in [0.1, 0.15) is 17.7 Å². The van der Waals surface area contributed by atoms with E-state index in [0.717, 1.165) is 18.2 Å². The summed E-state index contributed by atoms with van der Waals surface area (Å²) in [6.07, 6.45) is -0.319. The molecule has 1 amide bonds. The maximum absolute atomic E-state index is 13.5. The highest BCUT2D eigenvalue weighted by atomic mass is 19.1. The summed E-state index contributed by atoms with van der Waals surface area (Å²) in [6.45, 7) is 4.89. The fourth-order valence-electron chi connectivity index (χ4n) is 1.49. The van der Waals surface area contributed by atoms with Crippen molar-refractivity contribution < 1.29 is 23.5 Å². The van der Waals surface area contributed by atoms with Gasteiger partial charge in [0.25, 0.3) is 0 Å². The Hall–Kier alpha value is -1.98. The average molecular weight is 285 g/mol. The summed E-state index contributed by atoms with van der Waals surface area (Å²) in [7, 11) is 0. The average Bonchev–Trinajstić information content (AvgIpc) is 2.31. The van der Waals surface area contributed by atoms with Crippen LogP contribution >= 0.6 is 0 Å². The zero-order chi connectivity index (χ0) is 15.5. The van der Waals surface area contributed by atoms with Gasteiger partial charge in [0.15, 0.2) is 0 Å². The first-order valence-corrected chi connectivity index (χ1v) is 6.09. The van der Waals surface area contributed by atoms with E-state index in [0.29, 0.717) is 0 Å². The number of carboxylic acid groups (broad SMARTS) is 1. The van der Waals surface area contributed by atoms with Crippen LogP contribution in [0.3, 0.4) is 0 Å². The molecule has 0 saturated carbocycles. The largest absolute Gasteiger partial charge is 0.480 e. The monoisotopic (exact) mass is 285 g/mol. The third-order valence-corrected chi connectivity index (χ3v) is 2.72. The number of halogens is 2. The number of hydrogen-bond donors (Lipinski definition) is 2. The molecule has 20 heavy (non-hydrogen) atoms. The lowest BCUT2D eigenvalue weighted by Crippen LogP contribution is -2.47. The predicted octanol–water partition coefficient (Wildman–Crippen LogP) is 2.12. The molecule has 0 fully saturated rings. The Kier molecular flexibility index (Phi) is 4.81. The number of aliphatic carboxylic acids is 1. The van der Waals surface area contributed by atoms with Crippen molar-refractivity contribution in [1.29, 1.82) is 0 Å². The molecule has 1 atom stereocenters. The molecule has 2 N–H and O–H groups in total. The number of carbonyl (C=O) groups is 2. The smallest absolute Gasteiger partial charge is 0.326 e. The molecule has 0 aromatic heterocycles. The molecule has 0 bridgehead atoms. The summed E-state index contributed by atoms with van der Waals surface area (Å²) in [6, 6.07) is 1.49. The van der Waals surface area contributed by atoms with Crippen LogP contribution in [0.4, 0.5) is 8.78 Å². The fraction of sp³-hybridized carbons (Fsp3) is 0.429. The number of carbonyl (C=O) groups excluding carboxylic acids is 1. The molecule has 0 spiro atoms. The van der Waals surface area contributed by atoms with Gasteiger partial charge in [-0.25, -0.2) is 13.6 Å². The molecule has 6 heteroatoms. The molecule has 4 nitrogen and oxygen atoms in total. The molecule has 110 valence electrons. The van der Waals surface area contributed by atoms with Gasteiger partial charge in [-0.15, -0.1) is 0 Å². The second-order valence-electron chi connectivity index (χ2n) is 5.55. The Bertz CT molecular complexity index is 524. The van der Waals surface area contributed by atoms with Crippen molar-refractivity contribution >= 4 is 11.9 Å². The highest BCUT2D eigenvalue weighted by molar-refractivity contribution is 5.86. The summed E-state index contributed by atoms with van der Waals surface area (Å²) in [4.78, 5) is 22.9. The van der Waals surface area contributed by atoms with Gasteiger partial charge in [-0.05, 0) is 23.8 Å². The molecule has 0 aliphatic heterocycles. The Labute approximate surface area is 115 Å². The van der Waals surface area contributed by atoms with E-state index in [-0.39, 0.29) is 12.0 Å². The number of rotatable bonds is 4. The topological polar surface area (TPSA) is 66.4 Å². The molecule has 1 aromatic carbocycles. The van der Waals surface area contributed by atoms with Gasteiger partial charge in [-0.1, -0.05) is 20.8 Å². The van der Waals surface area contributed by atoms with Crippen LogP contribution in [-0.2, 0) is 16.0 Å². The molecular weight excluding hydrogens is 268 g/mol. The maximum atomic E-state index is 13.5. The predicted molar refractivity (Wildman–Crippen MR) is 69.1 cm³/mol. The number of carboxylic acids is 1. The maximum Gasteiger partial charge on any atom is 0.326 e. The minimum Gasteiger partial charge on any atom is -0.480 e. The Balaban J connectivity index is 2.91. The first-order chi connectivity index (χ1) is 9.11. The van der Waals surface area contributed by atoms with Crippen molar-refractivity contribution in [1.82, 2.24) is 5.32 Å². The van der Waals surface area contributed by atoms with E-state index in [1.807, 2.05) is 0 Å². The van der Waals surface area contributed by atoms with Crippen LogP contribution in [0.15, 0.2) is 18.2 Å². The van der Waals surface area contributed by atoms with Gasteiger partial charge in [0.05, 0.1) is 0 Å². The van der Waals surface area contributed by atoms with Crippen LogP contribution in [0, 0.1) is 17.0 Å². The van der Waals surface area contributed by atoms with Crippen molar-refractivity contribution in [3.8, 4) is 0 Å². The van der Waals surface area contributed by atoms with Gasteiger partial charge in [-0.2, -0.15) is 0 Å². The number of amides is 1. The van der Waals surface area contributed by atoms with E-state index < -0.39 is 35.0 Å². The lowest BCUT2D eigenvalue weighted by Gasteiger charge is -2.22. The quantitative estimate of drug-likeness (QED) is 0.890. The van der Waals surface area contributed by atoms with Crippen molar-refractivity contribution in [2.24, 2.45) is 5.41 Å². The van der Waals surface area contributed by atoms with Crippen molar-refractivity contribution in [2.45, 2.75) is 33.2 Å². The molecule has 0 radical (unpaired) electrons. The SMILES string of the molecule is CC(C)(C)C(=O)NC(Cc1cc(F)ccc1F)C(=O)O. The Morgan fingerprint density at radius 1 is 1.30 bits per heavy atom. The number of hydrogen-bond acceptors (Lipinski definition) is 2. The van der Waals surface area contributed by atoms with Crippen LogP contribution in [-0.4, -0.2) is 23.0 Å². The van der Waals surface area contributed by atoms with Crippen molar-refractivity contribution in [2.75, 3.05) is 0 Å². The van der Waals surface area contributed by atoms with Gasteiger partial charge in [0, 0.05) is 11.8 Å². The number of nitrogens with one attached hydrogen (secondary N) is 1. The zero-order valence-electron chi connectivity index (χ0n) is 11.5. The molecule has 0 saturated heterocycles. The molecule has 1 rings (SSSR count). The van der Waals surface area contributed by atoms with Gasteiger partial charge in [0.2, 0.25) is 5.91 Å². The minimum absolute atomic E-state index is 0.0911. The van der Waals surface area contributed by atoms with Gasteiger partial charge in [-0.3, -0.25) is 4.79 Å². The van der Waals surface area contributed by atoms with Gasteiger partial charge >= 0.3 is 5.97 Å². The normalized spacial score (nSPS) is 12.8. The number of benzene rings is 1. The first kappa shape index (κ1) is 16.1. The van der Waals surface area contributed by atoms with Crippen LogP contribution in [0.25, 0.3) is 0 Å². The lowest BCUT2D eigenvalue weighted by molar-refractivity contribution is -0.143. The summed E-state index contributed by atoms with van der Waals surface area (Å²) < 4.78 is 26.5. The van der Waals surface area contributed by atoms with Crippen molar-refractivity contribution in [3.05, 3.63) is 35.4 Å². The second kappa shape index (κ2) is 5.98. The summed E-state index contributed by atoms with van der Waals surface area (Å²) >= 11 is 0. The van der Waals surface area contributed by atoms with Crippen LogP contribution in [0.5, 0.6) is 0 Å². The van der Waals surface area contributed by atoms with E-state index >= 15 is 0 Å². The van der Waals surface area contributed by atoms with Gasteiger partial charge < -0.3 is 10.4 Å². The fourth-order valence-corrected chi connectivity index (χ4v) is 1.49. The third-order valence-electron chi connectivity index (χ3n) is 2.72. The van der Waals surface area contributed by atoms with E-state index in [1.54, 1.807) is 20.8 Å². The molecule has 0 heterocycles. The van der Waals surface area contributed by atoms with Crippen LogP contribution in [0.2, 0.25) is 0 Å². The molecule has 0 aliphatic rings. The highest BCUT2D eigenvalue weighted by Crippen LogP contribution is 2.15. The first-order valence-electron chi connectivity index (χ1n) is 6.09. The standard InChI is InChI=1S/C14H17F2NO3/c1-14(2,3)13(20)17-11(12(18)19)7-8-6-9(15)4-5-10(8)16/h4-6,11H,7H2,1-3H3,(H,17,20)(H,18,19). The highest BCUT2D eigenvalue weighted by Gasteiger charge is 2.28. The van der Waals surface area contributed by atoms with Crippen molar-refractivity contribution in [3.63, 3.8) is 0 Å². The molecule has 0 aliphatic carbocycles. The van der Waals surface area contributed by atoms with E-state index in [2.05, 4.69) is 5.32 Å². The summed E-state index contributed by atoms with van der Waals surface area (Å²) in [5.41, 5.74) is -0.861. The van der Waals surface area contributed by atoms with E-state index in [4.69, 9.17) is 5.11 Å². The zero-order valence-corrected chi connectivity index (χ0v) is 11.5. The van der Waals surface area contributed by atoms with E-state index in [9.17, 15) is 18.4 Å². The lowest BCUT2D eigenvalue weighted by atomic mass is 9.94. The minimum atomic E-state index is -1.31. The molecule has 1 aromatic rings. The second-order valence-corrected chi connectivity index (χ2v) is 5.55. The summed E-state index contributed by atoms with van der Waals surface area (Å²) in [5.74, 6) is -3.14. The summed E-state index contributed by atoms with van der Waals surface area (Å²) in [5, 5.41) is 11.4. The third kappa shape index (κ3) is 4.29. The molecular formula is C14H17F2NO3. The van der Waals surface area contributed by atoms with Crippen LogP contribution in [0.1, 0.15) is 26.3 Å². The van der Waals surface area contributed by atoms with Crippen LogP contribution < -0.4 is 5.32 Å².